The summed E-state index contributed by atoms with van der Waals surface area (Å²) in [5.74, 6) is 0.419. The average Bonchev–Trinajstić information content (AvgIpc) is 2.44. The minimum absolute atomic E-state index is 0.419. The largest absolute Gasteiger partial charge is 0.366 e. The van der Waals surface area contributed by atoms with E-state index in [0.717, 1.165) is 5.56 Å². The van der Waals surface area contributed by atoms with Crippen LogP contribution in [0.15, 0.2) is 60.7 Å². The minimum atomic E-state index is 0.419. The van der Waals surface area contributed by atoms with Gasteiger partial charge in [0.05, 0.1) is 0 Å². The molecule has 0 aliphatic heterocycles. The van der Waals surface area contributed by atoms with Gasteiger partial charge in [0.1, 0.15) is 5.84 Å². The molecule has 2 rings (SSSR count). The van der Waals surface area contributed by atoms with E-state index in [1.54, 1.807) is 6.08 Å². The third-order valence-corrected chi connectivity index (χ3v) is 3.29. The number of halogens is 1. The van der Waals surface area contributed by atoms with Crippen molar-refractivity contribution >= 4 is 34.5 Å². The lowest BCUT2D eigenvalue weighted by molar-refractivity contribution is 0.911. The first-order valence-electron chi connectivity index (χ1n) is 6.04. The molecule has 2 aromatic carbocycles. The number of benzene rings is 2. The van der Waals surface area contributed by atoms with Crippen molar-refractivity contribution < 1.29 is 0 Å². The maximum atomic E-state index is 7.84. The van der Waals surface area contributed by atoms with Gasteiger partial charge in [-0.3, -0.25) is 5.41 Å². The Kier molecular flexibility index (Phi) is 5.15. The average molecular weight is 362 g/mol. The SMILES string of the molecule is N=C(/C=C/c1ccccc1)NCc1cccc(I)c1. The van der Waals surface area contributed by atoms with Crippen LogP contribution in [0.25, 0.3) is 6.08 Å². The number of amidine groups is 1. The third kappa shape index (κ3) is 4.87. The van der Waals surface area contributed by atoms with Gasteiger partial charge in [0.15, 0.2) is 0 Å². The molecule has 0 amide bonds. The summed E-state index contributed by atoms with van der Waals surface area (Å²) >= 11 is 2.29. The number of hydrogen-bond acceptors (Lipinski definition) is 1. The summed E-state index contributed by atoms with van der Waals surface area (Å²) < 4.78 is 1.21. The summed E-state index contributed by atoms with van der Waals surface area (Å²) in [4.78, 5) is 0. The number of nitrogens with one attached hydrogen (secondary N) is 2. The Balaban J connectivity index is 1.87. The maximum Gasteiger partial charge on any atom is 0.118 e. The van der Waals surface area contributed by atoms with Crippen molar-refractivity contribution in [3.63, 3.8) is 0 Å². The van der Waals surface area contributed by atoms with Gasteiger partial charge in [-0.2, -0.15) is 0 Å². The van der Waals surface area contributed by atoms with E-state index < -0.39 is 0 Å². The summed E-state index contributed by atoms with van der Waals surface area (Å²) in [6.07, 6.45) is 3.72. The molecule has 0 radical (unpaired) electrons. The first-order valence-corrected chi connectivity index (χ1v) is 7.12. The van der Waals surface area contributed by atoms with Crippen molar-refractivity contribution in [2.24, 2.45) is 0 Å². The van der Waals surface area contributed by atoms with E-state index in [2.05, 4.69) is 46.1 Å². The maximum absolute atomic E-state index is 7.84. The molecule has 0 aliphatic carbocycles. The second kappa shape index (κ2) is 7.09. The molecule has 0 atom stereocenters. The zero-order valence-electron chi connectivity index (χ0n) is 10.4. The van der Waals surface area contributed by atoms with Crippen LogP contribution >= 0.6 is 22.6 Å². The van der Waals surface area contributed by atoms with Crippen LogP contribution < -0.4 is 5.32 Å². The number of rotatable bonds is 4. The summed E-state index contributed by atoms with van der Waals surface area (Å²) in [7, 11) is 0. The molecule has 0 unspecified atom stereocenters. The highest BCUT2D eigenvalue weighted by Gasteiger charge is 1.95. The van der Waals surface area contributed by atoms with Crippen molar-refractivity contribution in [1.29, 1.82) is 5.41 Å². The van der Waals surface area contributed by atoms with Crippen molar-refractivity contribution in [2.75, 3.05) is 0 Å². The highest BCUT2D eigenvalue weighted by Crippen LogP contribution is 2.07. The fraction of sp³-hybridized carbons (Fsp3) is 0.0625. The van der Waals surface area contributed by atoms with Crippen LogP contribution in [-0.2, 0) is 6.54 Å². The predicted molar refractivity (Wildman–Crippen MR) is 89.2 cm³/mol. The van der Waals surface area contributed by atoms with Gasteiger partial charge < -0.3 is 5.32 Å². The summed E-state index contributed by atoms with van der Waals surface area (Å²) in [6, 6.07) is 18.3. The molecule has 2 N–H and O–H groups in total. The molecule has 0 aliphatic rings. The molecular formula is C16H15IN2. The van der Waals surface area contributed by atoms with E-state index in [-0.39, 0.29) is 0 Å². The Hall–Kier alpha value is -1.62. The summed E-state index contributed by atoms with van der Waals surface area (Å²) in [5.41, 5.74) is 2.29. The zero-order valence-corrected chi connectivity index (χ0v) is 12.6. The normalized spacial score (nSPS) is 10.6. The number of hydrogen-bond donors (Lipinski definition) is 2. The van der Waals surface area contributed by atoms with Crippen molar-refractivity contribution in [1.82, 2.24) is 5.32 Å². The van der Waals surface area contributed by atoms with Crippen LogP contribution in [0, 0.1) is 8.98 Å². The second-order valence-electron chi connectivity index (χ2n) is 4.14. The van der Waals surface area contributed by atoms with E-state index in [4.69, 9.17) is 5.41 Å². The van der Waals surface area contributed by atoms with Crippen molar-refractivity contribution in [2.45, 2.75) is 6.54 Å². The molecular weight excluding hydrogens is 347 g/mol. The standard InChI is InChI=1S/C16H15IN2/c17-15-8-4-7-14(11-15)12-19-16(18)10-9-13-5-2-1-3-6-13/h1-11H,12H2,(H2,18,19)/b10-9+. The Labute approximate surface area is 127 Å². The van der Waals surface area contributed by atoms with Crippen LogP contribution in [0.5, 0.6) is 0 Å². The van der Waals surface area contributed by atoms with E-state index in [9.17, 15) is 0 Å². The summed E-state index contributed by atoms with van der Waals surface area (Å²) in [5, 5.41) is 10.9. The monoisotopic (exact) mass is 362 g/mol. The van der Waals surface area contributed by atoms with Gasteiger partial charge in [0.25, 0.3) is 0 Å². The molecule has 0 saturated carbocycles. The molecule has 2 nitrogen and oxygen atoms in total. The van der Waals surface area contributed by atoms with Crippen LogP contribution in [0.1, 0.15) is 11.1 Å². The lowest BCUT2D eigenvalue weighted by atomic mass is 10.2. The van der Waals surface area contributed by atoms with Crippen LogP contribution in [0.3, 0.4) is 0 Å². The Bertz CT molecular complexity index is 576. The van der Waals surface area contributed by atoms with Gasteiger partial charge >= 0.3 is 0 Å². The second-order valence-corrected chi connectivity index (χ2v) is 5.39. The van der Waals surface area contributed by atoms with E-state index in [1.165, 1.54) is 9.13 Å². The van der Waals surface area contributed by atoms with E-state index >= 15 is 0 Å². The molecule has 0 bridgehead atoms. The van der Waals surface area contributed by atoms with Crippen LogP contribution in [0.2, 0.25) is 0 Å². The Morgan fingerprint density at radius 3 is 2.63 bits per heavy atom. The highest BCUT2D eigenvalue weighted by atomic mass is 127. The molecule has 3 heteroatoms. The zero-order chi connectivity index (χ0) is 13.5. The van der Waals surface area contributed by atoms with E-state index in [1.807, 2.05) is 42.5 Å². The molecule has 96 valence electrons. The molecule has 0 saturated heterocycles. The summed E-state index contributed by atoms with van der Waals surface area (Å²) in [6.45, 7) is 0.675. The molecule has 19 heavy (non-hydrogen) atoms. The van der Waals surface area contributed by atoms with Gasteiger partial charge in [-0.1, -0.05) is 48.5 Å². The van der Waals surface area contributed by atoms with Gasteiger partial charge in [-0.05, 0) is 51.9 Å². The van der Waals surface area contributed by atoms with Crippen LogP contribution in [0.4, 0.5) is 0 Å². The fourth-order valence-electron chi connectivity index (χ4n) is 1.65. The highest BCUT2D eigenvalue weighted by molar-refractivity contribution is 14.1. The van der Waals surface area contributed by atoms with E-state index in [0.29, 0.717) is 12.4 Å². The molecule has 0 aromatic heterocycles. The lowest BCUT2D eigenvalue weighted by Gasteiger charge is -2.05. The third-order valence-electron chi connectivity index (χ3n) is 2.61. The van der Waals surface area contributed by atoms with Crippen molar-refractivity contribution in [3.8, 4) is 0 Å². The van der Waals surface area contributed by atoms with Gasteiger partial charge in [0, 0.05) is 10.1 Å². The van der Waals surface area contributed by atoms with Gasteiger partial charge in [-0.15, -0.1) is 0 Å². The van der Waals surface area contributed by atoms with Gasteiger partial charge in [0.2, 0.25) is 0 Å². The molecule has 2 aromatic rings. The van der Waals surface area contributed by atoms with Crippen LogP contribution in [-0.4, -0.2) is 5.84 Å². The van der Waals surface area contributed by atoms with Crippen molar-refractivity contribution in [3.05, 3.63) is 75.4 Å². The first kappa shape index (κ1) is 13.8. The van der Waals surface area contributed by atoms with Gasteiger partial charge in [-0.25, -0.2) is 0 Å². The lowest BCUT2D eigenvalue weighted by Crippen LogP contribution is -2.19. The first-order chi connectivity index (χ1) is 9.24. The molecule has 0 spiro atoms. The Morgan fingerprint density at radius 1 is 1.11 bits per heavy atom. The fourth-order valence-corrected chi connectivity index (χ4v) is 2.25. The molecule has 0 heterocycles. The topological polar surface area (TPSA) is 35.9 Å². The molecule has 0 fully saturated rings. The smallest absolute Gasteiger partial charge is 0.118 e. The predicted octanol–water partition coefficient (Wildman–Crippen LogP) is 4.07. The quantitative estimate of drug-likeness (QED) is 0.480. The Morgan fingerprint density at radius 2 is 1.89 bits per heavy atom. The minimum Gasteiger partial charge on any atom is -0.366 e.